The first-order chi connectivity index (χ1) is 13.2. The zero-order valence-corrected chi connectivity index (χ0v) is 16.4. The van der Waals surface area contributed by atoms with Crippen LogP contribution in [0.3, 0.4) is 0 Å². The number of rotatable bonds is 3. The van der Waals surface area contributed by atoms with Gasteiger partial charge in [-0.3, -0.25) is 0 Å². The molecule has 1 aliphatic rings. The van der Waals surface area contributed by atoms with Crippen LogP contribution in [0.5, 0.6) is 0 Å². The Labute approximate surface area is 170 Å². The molecular formula is C28H30. The van der Waals surface area contributed by atoms with Gasteiger partial charge in [0, 0.05) is 0 Å². The minimum atomic E-state index is -0.225. The lowest BCUT2D eigenvalue weighted by Gasteiger charge is -2.34. The third-order valence-corrected chi connectivity index (χ3v) is 5.74. The largest absolute Gasteiger partial charge is 0.0877 e. The zero-order chi connectivity index (χ0) is 18.9. The van der Waals surface area contributed by atoms with Crippen molar-refractivity contribution in [2.24, 2.45) is 0 Å². The molecular weight excluding hydrogens is 336 g/mol. The number of hydrogen-bond acceptors (Lipinski definition) is 0. The smallest absolute Gasteiger partial charge is 0.0670 e. The fourth-order valence-corrected chi connectivity index (χ4v) is 4.40. The number of hydrogen-bond donors (Lipinski definition) is 0. The van der Waals surface area contributed by atoms with E-state index in [0.29, 0.717) is 0 Å². The number of allylic oxidation sites excluding steroid dienone is 4. The lowest BCUT2D eigenvalue weighted by Crippen LogP contribution is -2.28. The molecule has 0 saturated carbocycles. The van der Waals surface area contributed by atoms with Gasteiger partial charge in [-0.05, 0) is 55.0 Å². The van der Waals surface area contributed by atoms with Crippen molar-refractivity contribution in [1.29, 1.82) is 0 Å². The molecule has 0 heterocycles. The Morgan fingerprint density at radius 2 is 1.29 bits per heavy atom. The summed E-state index contributed by atoms with van der Waals surface area (Å²) in [5.41, 5.74) is 9.33. The molecule has 0 heteroatoms. The maximum absolute atomic E-state index is 2.32. The van der Waals surface area contributed by atoms with Gasteiger partial charge in [0.15, 0.2) is 0 Å². The van der Waals surface area contributed by atoms with Crippen molar-refractivity contribution in [2.75, 3.05) is 0 Å². The summed E-state index contributed by atoms with van der Waals surface area (Å²) in [6.45, 7) is 6.39. The van der Waals surface area contributed by atoms with Gasteiger partial charge in [0.2, 0.25) is 0 Å². The fraction of sp³-hybridized carbons (Fsp3) is 0.214. The van der Waals surface area contributed by atoms with Gasteiger partial charge in [-0.15, -0.1) is 0 Å². The van der Waals surface area contributed by atoms with Crippen molar-refractivity contribution in [1.82, 2.24) is 0 Å². The van der Waals surface area contributed by atoms with E-state index in [1.807, 2.05) is 0 Å². The summed E-state index contributed by atoms with van der Waals surface area (Å²) in [6, 6.07) is 27.1. The van der Waals surface area contributed by atoms with Crippen LogP contribution in [0.2, 0.25) is 0 Å². The monoisotopic (exact) mass is 366 g/mol. The van der Waals surface area contributed by atoms with Gasteiger partial charge in [0.1, 0.15) is 0 Å². The molecule has 142 valence electrons. The second kappa shape index (κ2) is 8.02. The Kier molecular flexibility index (Phi) is 5.70. The third kappa shape index (κ3) is 3.14. The Bertz CT molecular complexity index is 953. The summed E-state index contributed by atoms with van der Waals surface area (Å²) in [5.74, 6) is 0. The minimum Gasteiger partial charge on any atom is -0.0877 e. The molecule has 0 atom stereocenters. The van der Waals surface area contributed by atoms with Crippen LogP contribution in [-0.4, -0.2) is 0 Å². The molecule has 0 fully saturated rings. The average Bonchev–Trinajstić information content (AvgIpc) is 3.02. The lowest BCUT2D eigenvalue weighted by molar-refractivity contribution is 0.748. The summed E-state index contributed by atoms with van der Waals surface area (Å²) in [5, 5.41) is 0. The highest BCUT2D eigenvalue weighted by Gasteiger charge is 2.45. The van der Waals surface area contributed by atoms with Gasteiger partial charge in [0.05, 0.1) is 5.41 Å². The van der Waals surface area contributed by atoms with Crippen LogP contribution >= 0.6 is 0 Å². The average molecular weight is 367 g/mol. The minimum absolute atomic E-state index is 0. The number of aryl methyl sites for hydroxylation is 2. The number of fused-ring (bicyclic) bond motifs is 1. The highest BCUT2D eigenvalue weighted by molar-refractivity contribution is 5.66. The molecule has 1 aliphatic carbocycles. The standard InChI is InChI=1S/C27H26.CH4/c1-4-5-9-25-19-22-8-6-7-10-26(22)27(25,23-15-11-20(2)12-16-23)24-17-13-21(3)14-18-24;/h4-18H,19H2,1-3H3;1H4/b5-4-,25-9+;. The summed E-state index contributed by atoms with van der Waals surface area (Å²) in [6.07, 6.45) is 7.60. The van der Waals surface area contributed by atoms with Crippen molar-refractivity contribution < 1.29 is 0 Å². The zero-order valence-electron chi connectivity index (χ0n) is 16.4. The highest BCUT2D eigenvalue weighted by atomic mass is 14.5. The fourth-order valence-electron chi connectivity index (χ4n) is 4.40. The normalized spacial score (nSPS) is 16.2. The molecule has 3 aromatic carbocycles. The van der Waals surface area contributed by atoms with E-state index in [1.165, 1.54) is 39.0 Å². The Morgan fingerprint density at radius 3 is 1.82 bits per heavy atom. The van der Waals surface area contributed by atoms with Crippen LogP contribution in [0.1, 0.15) is 47.7 Å². The van der Waals surface area contributed by atoms with Crippen LogP contribution in [0.15, 0.2) is 96.6 Å². The molecule has 4 rings (SSSR count). The Hall–Kier alpha value is -2.86. The number of benzene rings is 3. The molecule has 28 heavy (non-hydrogen) atoms. The first-order valence-corrected chi connectivity index (χ1v) is 9.71. The van der Waals surface area contributed by atoms with Crippen molar-refractivity contribution in [3.63, 3.8) is 0 Å². The van der Waals surface area contributed by atoms with E-state index in [9.17, 15) is 0 Å². The van der Waals surface area contributed by atoms with Crippen molar-refractivity contribution in [3.05, 3.63) is 130 Å². The molecule has 0 bridgehead atoms. The van der Waals surface area contributed by atoms with Crippen LogP contribution in [0.4, 0.5) is 0 Å². The first-order valence-electron chi connectivity index (χ1n) is 9.71. The molecule has 0 saturated heterocycles. The van der Waals surface area contributed by atoms with Gasteiger partial charge in [-0.25, -0.2) is 0 Å². The van der Waals surface area contributed by atoms with E-state index in [-0.39, 0.29) is 12.8 Å². The topological polar surface area (TPSA) is 0 Å². The van der Waals surface area contributed by atoms with E-state index in [4.69, 9.17) is 0 Å². The maximum atomic E-state index is 2.32. The predicted octanol–water partition coefficient (Wildman–Crippen LogP) is 7.33. The van der Waals surface area contributed by atoms with E-state index in [2.05, 4.69) is 112 Å². The second-order valence-corrected chi connectivity index (χ2v) is 7.53. The molecule has 0 aliphatic heterocycles. The van der Waals surface area contributed by atoms with Crippen LogP contribution in [0.25, 0.3) is 0 Å². The van der Waals surface area contributed by atoms with Gasteiger partial charge in [-0.1, -0.05) is 110 Å². The molecule has 0 radical (unpaired) electrons. The third-order valence-electron chi connectivity index (χ3n) is 5.74. The van der Waals surface area contributed by atoms with Gasteiger partial charge in [-0.2, -0.15) is 0 Å². The molecule has 0 N–H and O–H groups in total. The van der Waals surface area contributed by atoms with Gasteiger partial charge < -0.3 is 0 Å². The predicted molar refractivity (Wildman–Crippen MR) is 122 cm³/mol. The summed E-state index contributed by atoms with van der Waals surface area (Å²) < 4.78 is 0. The first kappa shape index (κ1) is 19.9. The lowest BCUT2D eigenvalue weighted by atomic mass is 9.67. The summed E-state index contributed by atoms with van der Waals surface area (Å²) in [4.78, 5) is 0. The van der Waals surface area contributed by atoms with Crippen LogP contribution < -0.4 is 0 Å². The molecule has 3 aromatic rings. The summed E-state index contributed by atoms with van der Waals surface area (Å²) in [7, 11) is 0. The van der Waals surface area contributed by atoms with Crippen molar-refractivity contribution >= 4 is 0 Å². The molecule has 0 aromatic heterocycles. The van der Waals surface area contributed by atoms with Gasteiger partial charge in [0.25, 0.3) is 0 Å². The maximum Gasteiger partial charge on any atom is 0.0670 e. The van der Waals surface area contributed by atoms with Crippen molar-refractivity contribution in [2.45, 2.75) is 40.0 Å². The van der Waals surface area contributed by atoms with Crippen LogP contribution in [0, 0.1) is 13.8 Å². The Balaban J connectivity index is 0.00000225. The van der Waals surface area contributed by atoms with Crippen LogP contribution in [-0.2, 0) is 11.8 Å². The van der Waals surface area contributed by atoms with E-state index >= 15 is 0 Å². The van der Waals surface area contributed by atoms with E-state index in [1.54, 1.807) is 0 Å². The SMILES string of the molecule is C.C/C=C\C=C1/Cc2ccccc2C1(c1ccc(C)cc1)c1ccc(C)cc1. The highest BCUT2D eigenvalue weighted by Crippen LogP contribution is 2.52. The van der Waals surface area contributed by atoms with E-state index in [0.717, 1.165) is 6.42 Å². The molecule has 0 unspecified atom stereocenters. The quantitative estimate of drug-likeness (QED) is 0.455. The second-order valence-electron chi connectivity index (χ2n) is 7.53. The van der Waals surface area contributed by atoms with Gasteiger partial charge >= 0.3 is 0 Å². The molecule has 0 nitrogen and oxygen atoms in total. The van der Waals surface area contributed by atoms with E-state index < -0.39 is 0 Å². The summed E-state index contributed by atoms with van der Waals surface area (Å²) >= 11 is 0. The molecule has 0 spiro atoms. The van der Waals surface area contributed by atoms with Crippen molar-refractivity contribution in [3.8, 4) is 0 Å². The Morgan fingerprint density at radius 1 is 0.750 bits per heavy atom. The molecule has 0 amide bonds.